The third-order valence-electron chi connectivity index (χ3n) is 4.66. The Morgan fingerprint density at radius 2 is 1.94 bits per heavy atom. The van der Waals surface area contributed by atoms with Gasteiger partial charge in [0.25, 0.3) is 11.6 Å². The van der Waals surface area contributed by atoms with E-state index >= 15 is 0 Å². The molecule has 3 aromatic rings. The van der Waals surface area contributed by atoms with Crippen LogP contribution in [0.15, 0.2) is 63.9 Å². The number of hydrogen-bond donors (Lipinski definition) is 1. The molecule has 0 aliphatic carbocycles. The highest BCUT2D eigenvalue weighted by Crippen LogP contribution is 2.43. The number of non-ortho nitro benzene ring substituents is 1. The lowest BCUT2D eigenvalue weighted by Gasteiger charge is -2.20. The molecule has 1 saturated heterocycles. The first-order valence-corrected chi connectivity index (χ1v) is 10.9. The van der Waals surface area contributed by atoms with Gasteiger partial charge >= 0.3 is 6.18 Å². The molecule has 6 nitrogen and oxygen atoms in total. The van der Waals surface area contributed by atoms with Crippen LogP contribution in [0.1, 0.15) is 11.3 Å². The van der Waals surface area contributed by atoms with Crippen molar-refractivity contribution in [3.8, 4) is 11.3 Å². The van der Waals surface area contributed by atoms with E-state index in [1.165, 1.54) is 36.4 Å². The Morgan fingerprint density at radius 1 is 1.18 bits per heavy atom. The van der Waals surface area contributed by atoms with Crippen LogP contribution in [0, 0.1) is 10.1 Å². The zero-order valence-corrected chi connectivity index (χ0v) is 18.7. The quantitative estimate of drug-likeness (QED) is 0.179. The Kier molecular flexibility index (Phi) is 6.21. The number of nitro groups is 1. The van der Waals surface area contributed by atoms with Crippen molar-refractivity contribution in [2.24, 2.45) is 0 Å². The Balaban J connectivity index is 1.60. The third-order valence-corrected chi connectivity index (χ3v) is 6.49. The number of hydrogen-bond acceptors (Lipinski definition) is 6. The molecule has 1 aliphatic heterocycles. The van der Waals surface area contributed by atoms with Gasteiger partial charge in [-0.3, -0.25) is 19.8 Å². The van der Waals surface area contributed by atoms with Crippen LogP contribution < -0.4 is 4.90 Å². The van der Waals surface area contributed by atoms with Crippen molar-refractivity contribution in [1.29, 1.82) is 0 Å². The Hall–Kier alpha value is -2.89. The average molecular weight is 513 g/mol. The van der Waals surface area contributed by atoms with Gasteiger partial charge < -0.3 is 4.42 Å². The van der Waals surface area contributed by atoms with E-state index < -0.39 is 27.3 Å². The Bertz CT molecular complexity index is 1290. The zero-order valence-electron chi connectivity index (χ0n) is 16.2. The van der Waals surface area contributed by atoms with Crippen molar-refractivity contribution in [3.05, 3.63) is 86.0 Å². The molecule has 0 saturated carbocycles. The normalized spacial score (nSPS) is 17.7. The van der Waals surface area contributed by atoms with Gasteiger partial charge in [-0.15, -0.1) is 12.6 Å². The van der Waals surface area contributed by atoms with E-state index in [2.05, 4.69) is 12.6 Å². The van der Waals surface area contributed by atoms with Crippen LogP contribution in [-0.2, 0) is 11.0 Å². The van der Waals surface area contributed by atoms with Gasteiger partial charge in [0, 0.05) is 29.5 Å². The van der Waals surface area contributed by atoms with E-state index in [9.17, 15) is 28.1 Å². The molecule has 1 fully saturated rings. The van der Waals surface area contributed by atoms with Crippen molar-refractivity contribution >= 4 is 59.3 Å². The fraction of sp³-hybridized carbons (Fsp3) is 0.0952. The number of alkyl halides is 3. The lowest BCUT2D eigenvalue weighted by atomic mass is 10.1. The molecule has 12 heteroatoms. The smallest absolute Gasteiger partial charge is 0.416 e. The van der Waals surface area contributed by atoms with E-state index in [4.69, 9.17) is 16.0 Å². The zero-order chi connectivity index (χ0) is 23.9. The first kappa shape index (κ1) is 23.3. The number of thiol groups is 1. The van der Waals surface area contributed by atoms with Gasteiger partial charge in [0.2, 0.25) is 0 Å². The summed E-state index contributed by atoms with van der Waals surface area (Å²) in [4.78, 5) is 24.6. The summed E-state index contributed by atoms with van der Waals surface area (Å²) in [6, 6.07) is 11.6. The third kappa shape index (κ3) is 4.75. The summed E-state index contributed by atoms with van der Waals surface area (Å²) in [5.74, 6) is 0.0988. The molecule has 0 N–H and O–H groups in total. The summed E-state index contributed by atoms with van der Waals surface area (Å²) in [6.45, 7) is 0. The lowest BCUT2D eigenvalue weighted by molar-refractivity contribution is -0.384. The van der Waals surface area contributed by atoms with Crippen molar-refractivity contribution in [2.45, 2.75) is 10.9 Å². The van der Waals surface area contributed by atoms with Gasteiger partial charge in [-0.2, -0.15) is 13.2 Å². The largest absolute Gasteiger partial charge is 0.457 e. The highest BCUT2D eigenvalue weighted by atomic mass is 35.5. The molecule has 1 atom stereocenters. The van der Waals surface area contributed by atoms with Crippen LogP contribution in [0.2, 0.25) is 5.02 Å². The molecular weight excluding hydrogens is 501 g/mol. The molecule has 33 heavy (non-hydrogen) atoms. The van der Waals surface area contributed by atoms with Crippen molar-refractivity contribution in [1.82, 2.24) is 0 Å². The molecule has 1 unspecified atom stereocenters. The molecule has 2 heterocycles. The minimum Gasteiger partial charge on any atom is -0.457 e. The van der Waals surface area contributed by atoms with Crippen LogP contribution in [-0.4, -0.2) is 15.5 Å². The van der Waals surface area contributed by atoms with Crippen molar-refractivity contribution in [3.63, 3.8) is 0 Å². The molecule has 1 aromatic heterocycles. The molecule has 1 amide bonds. The number of nitrogens with zero attached hydrogens (tertiary/aromatic N) is 2. The molecule has 0 bridgehead atoms. The first-order valence-electron chi connectivity index (χ1n) is 9.16. The maximum Gasteiger partial charge on any atom is 0.416 e. The summed E-state index contributed by atoms with van der Waals surface area (Å²) >= 11 is 11.5. The maximum absolute atomic E-state index is 13.1. The topological polar surface area (TPSA) is 76.6 Å². The Morgan fingerprint density at radius 3 is 2.61 bits per heavy atom. The molecular formula is C21H12ClF3N2O4S2. The van der Waals surface area contributed by atoms with Crippen LogP contribution in [0.5, 0.6) is 0 Å². The summed E-state index contributed by atoms with van der Waals surface area (Å²) in [6.07, 6.45) is -3.09. The summed E-state index contributed by atoms with van der Waals surface area (Å²) < 4.78 is 44.1. The molecule has 0 spiro atoms. The highest BCUT2D eigenvalue weighted by Gasteiger charge is 2.37. The summed E-state index contributed by atoms with van der Waals surface area (Å²) in [7, 11) is 0. The number of benzene rings is 2. The van der Waals surface area contributed by atoms with Crippen LogP contribution in [0.3, 0.4) is 0 Å². The standard InChI is InChI=1S/C21H12ClF3N2O4S2/c22-16-9-13(27(29)30)4-6-15(16)17-7-5-14(31-17)10-18-19(28)26(20(32)33-18)12-3-1-2-11(8-12)21(23,24)25/h1-10,20,32H/b18-10-. The second-order valence-electron chi connectivity index (χ2n) is 6.80. The number of amides is 1. The summed E-state index contributed by atoms with van der Waals surface area (Å²) in [5, 5.41) is 11.0. The fourth-order valence-corrected chi connectivity index (χ4v) is 4.91. The molecule has 1 aliphatic rings. The van der Waals surface area contributed by atoms with Gasteiger partial charge in [0.05, 0.1) is 20.4 Å². The van der Waals surface area contributed by atoms with Crippen LogP contribution in [0.25, 0.3) is 17.4 Å². The van der Waals surface area contributed by atoms with E-state index in [0.29, 0.717) is 17.1 Å². The molecule has 170 valence electrons. The number of anilines is 1. The van der Waals surface area contributed by atoms with E-state index in [1.54, 1.807) is 12.1 Å². The molecule has 2 aromatic carbocycles. The number of nitro benzene ring substituents is 1. The van der Waals surface area contributed by atoms with Crippen LogP contribution in [0.4, 0.5) is 24.5 Å². The number of carbonyl (C=O) groups excluding carboxylic acids is 1. The van der Waals surface area contributed by atoms with E-state index in [0.717, 1.165) is 28.8 Å². The molecule has 4 rings (SSSR count). The van der Waals surface area contributed by atoms with Gasteiger partial charge in [0.1, 0.15) is 16.2 Å². The highest BCUT2D eigenvalue weighted by molar-refractivity contribution is 8.14. The van der Waals surface area contributed by atoms with Crippen molar-refractivity contribution in [2.75, 3.05) is 4.90 Å². The van der Waals surface area contributed by atoms with E-state index in [1.807, 2.05) is 0 Å². The second kappa shape index (κ2) is 8.81. The Labute approximate surface area is 199 Å². The summed E-state index contributed by atoms with van der Waals surface area (Å²) in [5.41, 5.74) is -0.537. The monoisotopic (exact) mass is 512 g/mol. The maximum atomic E-state index is 13.1. The number of rotatable bonds is 4. The van der Waals surface area contributed by atoms with Crippen LogP contribution >= 0.6 is 36.0 Å². The molecule has 0 radical (unpaired) electrons. The van der Waals surface area contributed by atoms with Gasteiger partial charge in [-0.25, -0.2) is 0 Å². The number of furan rings is 1. The minimum absolute atomic E-state index is 0.0727. The van der Waals surface area contributed by atoms with Gasteiger partial charge in [-0.05, 0) is 36.4 Å². The van der Waals surface area contributed by atoms with Crippen molar-refractivity contribution < 1.29 is 27.3 Å². The van der Waals surface area contributed by atoms with E-state index in [-0.39, 0.29) is 21.3 Å². The minimum atomic E-state index is -4.54. The number of thioether (sulfide) groups is 1. The first-order chi connectivity index (χ1) is 15.5. The lowest BCUT2D eigenvalue weighted by Crippen LogP contribution is -2.29. The fourth-order valence-electron chi connectivity index (χ4n) is 3.13. The number of halogens is 4. The van der Waals surface area contributed by atoms with Gasteiger partial charge in [0.15, 0.2) is 0 Å². The SMILES string of the molecule is O=C1/C(=C/c2ccc(-c3ccc([N+](=O)[O-])cc3Cl)o2)SC(S)N1c1cccc(C(F)(F)F)c1. The van der Waals surface area contributed by atoms with Gasteiger partial charge in [-0.1, -0.05) is 29.4 Å². The average Bonchev–Trinajstić information content (AvgIpc) is 3.31. The predicted molar refractivity (Wildman–Crippen MR) is 123 cm³/mol. The predicted octanol–water partition coefficient (Wildman–Crippen LogP) is 6.86. The second-order valence-corrected chi connectivity index (χ2v) is 9.17. The number of carbonyl (C=O) groups is 1.